The second-order valence-electron chi connectivity index (χ2n) is 5.68. The third-order valence-corrected chi connectivity index (χ3v) is 4.23. The van der Waals surface area contributed by atoms with Crippen molar-refractivity contribution in [1.29, 1.82) is 0 Å². The summed E-state index contributed by atoms with van der Waals surface area (Å²) in [6, 6.07) is 0.691. The van der Waals surface area contributed by atoms with Crippen molar-refractivity contribution in [3.8, 4) is 0 Å². The Labute approximate surface area is 99.3 Å². The molecule has 16 heavy (non-hydrogen) atoms. The average Bonchev–Trinajstić information content (AvgIpc) is 2.30. The van der Waals surface area contributed by atoms with E-state index in [1.54, 1.807) is 0 Å². The van der Waals surface area contributed by atoms with Crippen LogP contribution in [0.1, 0.15) is 44.9 Å². The molecular formula is C13H26N2O. The second kappa shape index (κ2) is 5.48. The number of nitrogens with two attached hydrogens (primary N) is 1. The highest BCUT2D eigenvalue weighted by Gasteiger charge is 2.31. The Balaban J connectivity index is 1.82. The maximum atomic E-state index is 6.49. The summed E-state index contributed by atoms with van der Waals surface area (Å²) in [6.45, 7) is 2.91. The van der Waals surface area contributed by atoms with E-state index in [1.807, 2.05) is 0 Å². The lowest BCUT2D eigenvalue weighted by molar-refractivity contribution is 0.0330. The van der Waals surface area contributed by atoms with Gasteiger partial charge in [-0.2, -0.15) is 0 Å². The van der Waals surface area contributed by atoms with Gasteiger partial charge in [-0.05, 0) is 32.7 Å². The Hall–Kier alpha value is -0.120. The molecule has 3 heteroatoms. The van der Waals surface area contributed by atoms with E-state index in [0.717, 1.165) is 19.8 Å². The maximum absolute atomic E-state index is 6.49. The third kappa shape index (κ3) is 3.19. The van der Waals surface area contributed by atoms with E-state index in [2.05, 4.69) is 11.9 Å². The molecule has 94 valence electrons. The topological polar surface area (TPSA) is 38.5 Å². The lowest BCUT2D eigenvalue weighted by atomic mass is 9.82. The minimum atomic E-state index is 0.0886. The maximum Gasteiger partial charge on any atom is 0.0480 e. The molecule has 0 aromatic rings. The van der Waals surface area contributed by atoms with Crippen LogP contribution in [0, 0.1) is 0 Å². The van der Waals surface area contributed by atoms with Gasteiger partial charge in [0.25, 0.3) is 0 Å². The highest BCUT2D eigenvalue weighted by Crippen LogP contribution is 2.27. The van der Waals surface area contributed by atoms with Crippen LogP contribution in [0.2, 0.25) is 0 Å². The molecule has 3 nitrogen and oxygen atoms in total. The average molecular weight is 226 g/mol. The van der Waals surface area contributed by atoms with Crippen LogP contribution >= 0.6 is 0 Å². The molecule has 1 saturated carbocycles. The lowest BCUT2D eigenvalue weighted by Crippen LogP contribution is -2.53. The predicted molar refractivity (Wildman–Crippen MR) is 66.5 cm³/mol. The number of likely N-dealkylation sites (N-methyl/N-ethyl adjacent to an activating group) is 1. The van der Waals surface area contributed by atoms with E-state index in [1.165, 1.54) is 44.9 Å². The normalized spacial score (nSPS) is 27.2. The van der Waals surface area contributed by atoms with Crippen molar-refractivity contribution in [2.24, 2.45) is 5.73 Å². The molecule has 0 radical (unpaired) electrons. The summed E-state index contributed by atoms with van der Waals surface area (Å²) >= 11 is 0. The van der Waals surface area contributed by atoms with Crippen LogP contribution in [0.25, 0.3) is 0 Å². The molecule has 2 N–H and O–H groups in total. The summed E-state index contributed by atoms with van der Waals surface area (Å²) in [7, 11) is 2.24. The van der Waals surface area contributed by atoms with Crippen LogP contribution in [0.5, 0.6) is 0 Å². The van der Waals surface area contributed by atoms with Crippen LogP contribution in [-0.2, 0) is 4.74 Å². The largest absolute Gasteiger partial charge is 0.381 e. The van der Waals surface area contributed by atoms with Gasteiger partial charge in [-0.3, -0.25) is 0 Å². The molecule has 1 saturated heterocycles. The van der Waals surface area contributed by atoms with Gasteiger partial charge >= 0.3 is 0 Å². The molecule has 0 amide bonds. The Kier molecular flexibility index (Phi) is 4.22. The molecule has 0 atom stereocenters. The molecule has 2 fully saturated rings. The van der Waals surface area contributed by atoms with E-state index in [0.29, 0.717) is 6.04 Å². The van der Waals surface area contributed by atoms with Gasteiger partial charge < -0.3 is 15.4 Å². The number of hydrogen-bond acceptors (Lipinski definition) is 3. The van der Waals surface area contributed by atoms with Crippen LogP contribution < -0.4 is 5.73 Å². The predicted octanol–water partition coefficient (Wildman–Crippen LogP) is 1.76. The zero-order valence-electron chi connectivity index (χ0n) is 10.6. The summed E-state index contributed by atoms with van der Waals surface area (Å²) < 4.78 is 5.41. The van der Waals surface area contributed by atoms with E-state index in [-0.39, 0.29) is 5.54 Å². The molecule has 2 aliphatic rings. The number of nitrogens with zero attached hydrogens (tertiary/aromatic N) is 1. The Morgan fingerprint density at radius 1 is 1.19 bits per heavy atom. The van der Waals surface area contributed by atoms with Crippen molar-refractivity contribution in [3.05, 3.63) is 0 Å². The Bertz CT molecular complexity index is 208. The van der Waals surface area contributed by atoms with Crippen LogP contribution in [0.3, 0.4) is 0 Å². The van der Waals surface area contributed by atoms with E-state index in [4.69, 9.17) is 10.5 Å². The highest BCUT2D eigenvalue weighted by atomic mass is 16.5. The quantitative estimate of drug-likeness (QED) is 0.797. The van der Waals surface area contributed by atoms with Crippen LogP contribution in [-0.4, -0.2) is 43.3 Å². The molecule has 0 spiro atoms. The summed E-state index contributed by atoms with van der Waals surface area (Å²) in [4.78, 5) is 2.48. The minimum absolute atomic E-state index is 0.0886. The fraction of sp³-hybridized carbons (Fsp3) is 1.00. The molecule has 2 rings (SSSR count). The SMILES string of the molecule is CN(CC1(N)CCCCC1)C1CCOCC1. The first-order chi connectivity index (χ1) is 7.70. The van der Waals surface area contributed by atoms with Gasteiger partial charge in [-0.25, -0.2) is 0 Å². The first kappa shape index (κ1) is 12.3. The zero-order chi connectivity index (χ0) is 11.4. The monoisotopic (exact) mass is 226 g/mol. The number of ether oxygens (including phenoxy) is 1. The van der Waals surface area contributed by atoms with Crippen molar-refractivity contribution >= 4 is 0 Å². The molecule has 1 aliphatic heterocycles. The minimum Gasteiger partial charge on any atom is -0.381 e. The van der Waals surface area contributed by atoms with Crippen molar-refractivity contribution in [1.82, 2.24) is 4.90 Å². The molecule has 0 unspecified atom stereocenters. The summed E-state index contributed by atoms with van der Waals surface area (Å²) in [5.41, 5.74) is 6.58. The van der Waals surface area contributed by atoms with E-state index < -0.39 is 0 Å². The summed E-state index contributed by atoms with van der Waals surface area (Å²) in [5.74, 6) is 0. The summed E-state index contributed by atoms with van der Waals surface area (Å²) in [6.07, 6.45) is 8.77. The van der Waals surface area contributed by atoms with Crippen molar-refractivity contribution in [3.63, 3.8) is 0 Å². The van der Waals surface area contributed by atoms with Gasteiger partial charge in [0.1, 0.15) is 0 Å². The van der Waals surface area contributed by atoms with Crippen molar-refractivity contribution in [2.75, 3.05) is 26.8 Å². The standard InChI is InChI=1S/C13H26N2O/c1-15(12-5-9-16-10-6-12)11-13(14)7-3-2-4-8-13/h12H,2-11,14H2,1H3. The van der Waals surface area contributed by atoms with E-state index >= 15 is 0 Å². The lowest BCUT2D eigenvalue weighted by Gasteiger charge is -2.40. The van der Waals surface area contributed by atoms with Gasteiger partial charge in [-0.15, -0.1) is 0 Å². The van der Waals surface area contributed by atoms with Crippen molar-refractivity contribution in [2.45, 2.75) is 56.5 Å². The highest BCUT2D eigenvalue weighted by molar-refractivity contribution is 4.91. The van der Waals surface area contributed by atoms with Gasteiger partial charge in [0.2, 0.25) is 0 Å². The van der Waals surface area contributed by atoms with Gasteiger partial charge in [0, 0.05) is 31.3 Å². The van der Waals surface area contributed by atoms with Gasteiger partial charge in [0.05, 0.1) is 0 Å². The molecule has 1 aliphatic carbocycles. The smallest absolute Gasteiger partial charge is 0.0480 e. The molecule has 1 heterocycles. The molecule has 0 aromatic carbocycles. The molecule has 0 bridgehead atoms. The number of hydrogen-bond donors (Lipinski definition) is 1. The fourth-order valence-corrected chi connectivity index (χ4v) is 3.17. The van der Waals surface area contributed by atoms with Gasteiger partial charge in [-0.1, -0.05) is 19.3 Å². The van der Waals surface area contributed by atoms with Crippen LogP contribution in [0.4, 0.5) is 0 Å². The van der Waals surface area contributed by atoms with E-state index in [9.17, 15) is 0 Å². The first-order valence-electron chi connectivity index (χ1n) is 6.76. The first-order valence-corrected chi connectivity index (χ1v) is 6.76. The second-order valence-corrected chi connectivity index (χ2v) is 5.68. The number of rotatable bonds is 3. The molecule has 0 aromatic heterocycles. The van der Waals surface area contributed by atoms with Crippen LogP contribution in [0.15, 0.2) is 0 Å². The zero-order valence-corrected chi connectivity index (χ0v) is 10.6. The fourth-order valence-electron chi connectivity index (χ4n) is 3.17. The summed E-state index contributed by atoms with van der Waals surface area (Å²) in [5, 5.41) is 0. The Morgan fingerprint density at radius 2 is 1.81 bits per heavy atom. The third-order valence-electron chi connectivity index (χ3n) is 4.23. The van der Waals surface area contributed by atoms with Crippen molar-refractivity contribution < 1.29 is 4.74 Å². The van der Waals surface area contributed by atoms with Gasteiger partial charge in [0.15, 0.2) is 0 Å². The Morgan fingerprint density at radius 3 is 2.44 bits per heavy atom. The molecular weight excluding hydrogens is 200 g/mol.